The zero-order valence-electron chi connectivity index (χ0n) is 10.0. The van der Waals surface area contributed by atoms with Gasteiger partial charge in [0.05, 0.1) is 15.2 Å². The van der Waals surface area contributed by atoms with Crippen LogP contribution >= 0.6 is 22.9 Å². The number of nitrogens with zero attached hydrogens (tertiary/aromatic N) is 3. The van der Waals surface area contributed by atoms with Crippen LogP contribution in [0.1, 0.15) is 0 Å². The first kappa shape index (κ1) is 11.8. The van der Waals surface area contributed by atoms with Crippen LogP contribution in [0.5, 0.6) is 0 Å². The van der Waals surface area contributed by atoms with Crippen LogP contribution in [-0.4, -0.2) is 14.6 Å². The Labute approximate surface area is 122 Å². The van der Waals surface area contributed by atoms with Gasteiger partial charge in [-0.15, -0.1) is 10.2 Å². The fourth-order valence-corrected chi connectivity index (χ4v) is 3.43. The Morgan fingerprint density at radius 3 is 2.80 bits per heavy atom. The fourth-order valence-electron chi connectivity index (χ4n) is 2.22. The van der Waals surface area contributed by atoms with Gasteiger partial charge < -0.3 is 0 Å². The predicted molar refractivity (Wildman–Crippen MR) is 78.8 cm³/mol. The average molecular weight is 304 g/mol. The van der Waals surface area contributed by atoms with Crippen LogP contribution < -0.4 is 0 Å². The summed E-state index contributed by atoms with van der Waals surface area (Å²) in [5.41, 5.74) is 1.69. The third kappa shape index (κ3) is 1.63. The van der Waals surface area contributed by atoms with E-state index in [-0.39, 0.29) is 5.82 Å². The second-order valence-corrected chi connectivity index (χ2v) is 5.75. The molecule has 2 aromatic heterocycles. The van der Waals surface area contributed by atoms with Crippen LogP contribution in [-0.2, 0) is 0 Å². The van der Waals surface area contributed by atoms with E-state index in [1.54, 1.807) is 6.07 Å². The van der Waals surface area contributed by atoms with Crippen LogP contribution in [0.3, 0.4) is 0 Å². The molecule has 0 radical (unpaired) electrons. The SMILES string of the molecule is Fc1ccc2c(c1)sc1nnc(-c3ccccc3Cl)n12. The molecule has 0 saturated heterocycles. The number of hydrogen-bond acceptors (Lipinski definition) is 3. The Balaban J connectivity index is 2.11. The van der Waals surface area contributed by atoms with Crippen molar-refractivity contribution in [1.82, 2.24) is 14.6 Å². The van der Waals surface area contributed by atoms with E-state index in [9.17, 15) is 4.39 Å². The maximum atomic E-state index is 13.3. The zero-order valence-corrected chi connectivity index (χ0v) is 11.6. The molecule has 4 aromatic rings. The number of fused-ring (bicyclic) bond motifs is 3. The third-order valence-electron chi connectivity index (χ3n) is 3.11. The van der Waals surface area contributed by atoms with E-state index < -0.39 is 0 Å². The monoisotopic (exact) mass is 303 g/mol. The molecular weight excluding hydrogens is 297 g/mol. The molecule has 0 amide bonds. The lowest BCUT2D eigenvalue weighted by Crippen LogP contribution is -1.89. The minimum absolute atomic E-state index is 0.255. The van der Waals surface area contributed by atoms with Crippen molar-refractivity contribution in [2.45, 2.75) is 0 Å². The van der Waals surface area contributed by atoms with E-state index in [1.165, 1.54) is 23.5 Å². The van der Waals surface area contributed by atoms with Crippen molar-refractivity contribution in [3.05, 3.63) is 53.3 Å². The molecule has 0 N–H and O–H groups in total. The molecule has 3 nitrogen and oxygen atoms in total. The number of benzene rings is 2. The third-order valence-corrected chi connectivity index (χ3v) is 4.44. The molecule has 98 valence electrons. The summed E-state index contributed by atoms with van der Waals surface area (Å²) < 4.78 is 16.0. The molecule has 2 aromatic carbocycles. The Hall–Kier alpha value is -1.98. The highest BCUT2D eigenvalue weighted by atomic mass is 35.5. The van der Waals surface area contributed by atoms with Gasteiger partial charge in [0.2, 0.25) is 4.96 Å². The number of hydrogen-bond donors (Lipinski definition) is 0. The molecular formula is C14H7ClFN3S. The maximum absolute atomic E-state index is 13.3. The minimum Gasteiger partial charge on any atom is -0.265 e. The largest absolute Gasteiger partial charge is 0.265 e. The van der Waals surface area contributed by atoms with Gasteiger partial charge in [-0.1, -0.05) is 35.1 Å². The van der Waals surface area contributed by atoms with E-state index in [2.05, 4.69) is 10.2 Å². The Kier molecular flexibility index (Phi) is 2.52. The van der Waals surface area contributed by atoms with Gasteiger partial charge in [0.15, 0.2) is 5.82 Å². The lowest BCUT2D eigenvalue weighted by molar-refractivity contribution is 0.630. The lowest BCUT2D eigenvalue weighted by atomic mass is 10.2. The van der Waals surface area contributed by atoms with E-state index in [0.717, 1.165) is 20.7 Å². The minimum atomic E-state index is -0.255. The van der Waals surface area contributed by atoms with Crippen molar-refractivity contribution in [2.24, 2.45) is 0 Å². The highest BCUT2D eigenvalue weighted by Crippen LogP contribution is 2.32. The smallest absolute Gasteiger partial charge is 0.217 e. The molecule has 0 aliphatic rings. The molecule has 0 aliphatic heterocycles. The van der Waals surface area contributed by atoms with E-state index >= 15 is 0 Å². The number of thiazole rings is 1. The van der Waals surface area contributed by atoms with Gasteiger partial charge in [0.25, 0.3) is 0 Å². The molecule has 0 aliphatic carbocycles. The molecule has 0 bridgehead atoms. The molecule has 0 fully saturated rings. The Morgan fingerprint density at radius 2 is 1.95 bits per heavy atom. The lowest BCUT2D eigenvalue weighted by Gasteiger charge is -2.01. The van der Waals surface area contributed by atoms with Gasteiger partial charge in [-0.25, -0.2) is 4.39 Å². The van der Waals surface area contributed by atoms with Crippen LogP contribution in [0.4, 0.5) is 4.39 Å². The van der Waals surface area contributed by atoms with Crippen molar-refractivity contribution in [2.75, 3.05) is 0 Å². The van der Waals surface area contributed by atoms with Crippen molar-refractivity contribution >= 4 is 38.1 Å². The summed E-state index contributed by atoms with van der Waals surface area (Å²) >= 11 is 7.63. The summed E-state index contributed by atoms with van der Waals surface area (Å²) in [6.45, 7) is 0. The Bertz CT molecular complexity index is 944. The average Bonchev–Trinajstić information content (AvgIpc) is 2.97. The molecule has 6 heteroatoms. The number of halogens is 2. The molecule has 20 heavy (non-hydrogen) atoms. The molecule has 0 spiro atoms. The predicted octanol–water partition coefficient (Wildman–Crippen LogP) is 4.40. The topological polar surface area (TPSA) is 30.2 Å². The first-order chi connectivity index (χ1) is 9.74. The molecule has 2 heterocycles. The Morgan fingerprint density at radius 1 is 1.10 bits per heavy atom. The van der Waals surface area contributed by atoms with Gasteiger partial charge in [0.1, 0.15) is 5.82 Å². The molecule has 4 rings (SSSR count). The summed E-state index contributed by atoms with van der Waals surface area (Å²) in [6.07, 6.45) is 0. The number of rotatable bonds is 1. The molecule has 0 unspecified atom stereocenters. The van der Waals surface area contributed by atoms with E-state index in [0.29, 0.717) is 10.8 Å². The van der Waals surface area contributed by atoms with Crippen LogP contribution in [0.25, 0.3) is 26.6 Å². The maximum Gasteiger partial charge on any atom is 0.217 e. The molecule has 0 atom stereocenters. The second-order valence-electron chi connectivity index (χ2n) is 4.34. The van der Waals surface area contributed by atoms with E-state index in [4.69, 9.17) is 11.6 Å². The van der Waals surface area contributed by atoms with Gasteiger partial charge in [-0.2, -0.15) is 0 Å². The first-order valence-electron chi connectivity index (χ1n) is 5.92. The summed E-state index contributed by atoms with van der Waals surface area (Å²) in [4.78, 5) is 0.723. The van der Waals surface area contributed by atoms with Crippen molar-refractivity contribution in [3.63, 3.8) is 0 Å². The van der Waals surface area contributed by atoms with Crippen molar-refractivity contribution < 1.29 is 4.39 Å². The van der Waals surface area contributed by atoms with Crippen LogP contribution in [0, 0.1) is 5.82 Å². The van der Waals surface area contributed by atoms with Crippen LogP contribution in [0.2, 0.25) is 5.02 Å². The van der Waals surface area contributed by atoms with Gasteiger partial charge in [0, 0.05) is 5.56 Å². The first-order valence-corrected chi connectivity index (χ1v) is 7.11. The van der Waals surface area contributed by atoms with E-state index in [1.807, 2.05) is 28.7 Å². The fraction of sp³-hybridized carbons (Fsp3) is 0. The summed E-state index contributed by atoms with van der Waals surface area (Å²) in [5, 5.41) is 8.97. The highest BCUT2D eigenvalue weighted by Gasteiger charge is 2.15. The molecule has 0 saturated carbocycles. The second kappa shape index (κ2) is 4.26. The van der Waals surface area contributed by atoms with Gasteiger partial charge >= 0.3 is 0 Å². The normalized spacial score (nSPS) is 11.5. The van der Waals surface area contributed by atoms with Gasteiger partial charge in [-0.3, -0.25) is 4.40 Å². The van der Waals surface area contributed by atoms with Crippen molar-refractivity contribution in [1.29, 1.82) is 0 Å². The highest BCUT2D eigenvalue weighted by molar-refractivity contribution is 7.23. The quantitative estimate of drug-likeness (QED) is 0.521. The summed E-state index contributed by atoms with van der Waals surface area (Å²) in [7, 11) is 0. The van der Waals surface area contributed by atoms with Crippen LogP contribution in [0.15, 0.2) is 42.5 Å². The standard InChI is InChI=1S/C14H7ClFN3S/c15-10-4-2-1-3-9(10)13-17-18-14-19(13)11-6-5-8(16)7-12(11)20-14/h1-7H. The summed E-state index contributed by atoms with van der Waals surface area (Å²) in [6, 6.07) is 12.1. The number of aromatic nitrogens is 3. The van der Waals surface area contributed by atoms with Gasteiger partial charge in [-0.05, 0) is 30.3 Å². The van der Waals surface area contributed by atoms with Crippen molar-refractivity contribution in [3.8, 4) is 11.4 Å². The zero-order chi connectivity index (χ0) is 13.7. The summed E-state index contributed by atoms with van der Waals surface area (Å²) in [5.74, 6) is 0.415.